The average molecular weight is 284 g/mol. The Balaban J connectivity index is 1.85. The Hall–Kier alpha value is -2.56. The number of phenols is 1. The molecule has 108 valence electrons. The molecule has 0 radical (unpaired) electrons. The van der Waals surface area contributed by atoms with Crippen molar-refractivity contribution in [2.45, 2.75) is 20.4 Å². The Kier molecular flexibility index (Phi) is 3.25. The first kappa shape index (κ1) is 13.4. The molecule has 1 aliphatic rings. The van der Waals surface area contributed by atoms with E-state index in [1.807, 2.05) is 10.9 Å². The number of carbonyl (C=O) groups is 1. The lowest BCUT2D eigenvalue weighted by atomic mass is 10.1. The van der Waals surface area contributed by atoms with E-state index < -0.39 is 0 Å². The van der Waals surface area contributed by atoms with Crippen LogP contribution in [0, 0.1) is 5.92 Å². The van der Waals surface area contributed by atoms with E-state index >= 15 is 0 Å². The summed E-state index contributed by atoms with van der Waals surface area (Å²) in [4.78, 5) is 12.2. The van der Waals surface area contributed by atoms with Crippen LogP contribution in [0.4, 0.5) is 0 Å². The van der Waals surface area contributed by atoms with Crippen molar-refractivity contribution < 1.29 is 14.6 Å². The lowest BCUT2D eigenvalue weighted by Crippen LogP contribution is -2.04. The van der Waals surface area contributed by atoms with Gasteiger partial charge in [-0.05, 0) is 24.1 Å². The van der Waals surface area contributed by atoms with Crippen LogP contribution in [-0.4, -0.2) is 20.7 Å². The highest BCUT2D eigenvalue weighted by atomic mass is 16.5. The monoisotopic (exact) mass is 284 g/mol. The van der Waals surface area contributed by atoms with Crippen molar-refractivity contribution in [3.63, 3.8) is 0 Å². The predicted octanol–water partition coefficient (Wildman–Crippen LogP) is 2.86. The predicted molar refractivity (Wildman–Crippen MR) is 78.1 cm³/mol. The fraction of sp³-hybridized carbons (Fsp3) is 0.250. The third kappa shape index (κ3) is 2.67. The van der Waals surface area contributed by atoms with Gasteiger partial charge in [-0.25, -0.2) is 0 Å². The number of allylic oxidation sites excluding steroid dienone is 1. The van der Waals surface area contributed by atoms with Gasteiger partial charge in [-0.15, -0.1) is 0 Å². The molecule has 2 heterocycles. The minimum Gasteiger partial charge on any atom is -0.508 e. The number of rotatable bonds is 3. The highest BCUT2D eigenvalue weighted by Crippen LogP contribution is 2.34. The zero-order chi connectivity index (χ0) is 15.0. The number of benzene rings is 1. The Labute approximate surface area is 122 Å². The number of ketones is 1. The van der Waals surface area contributed by atoms with E-state index in [4.69, 9.17) is 4.74 Å². The number of nitrogens with zero attached hydrogens (tertiary/aromatic N) is 2. The maximum atomic E-state index is 12.2. The van der Waals surface area contributed by atoms with Crippen LogP contribution in [-0.2, 0) is 6.54 Å². The molecule has 0 bridgehead atoms. The summed E-state index contributed by atoms with van der Waals surface area (Å²) in [5.41, 5.74) is 1.28. The molecule has 0 aliphatic carbocycles. The standard InChI is InChI=1S/C16H16N2O3/c1-10(2)8-18-9-11(7-17-18)5-15-16(20)13-4-3-12(19)6-14(13)21-15/h3-7,9-10,19H,8H2,1-2H3/b15-5-. The molecule has 5 heteroatoms. The SMILES string of the molecule is CC(C)Cn1cc(/C=C2\Oc3cc(O)ccc3C2=O)cn1. The Morgan fingerprint density at radius 3 is 3.00 bits per heavy atom. The first-order chi connectivity index (χ1) is 10.0. The summed E-state index contributed by atoms with van der Waals surface area (Å²) in [6.45, 7) is 5.06. The highest BCUT2D eigenvalue weighted by molar-refractivity contribution is 6.14. The van der Waals surface area contributed by atoms with Crippen LogP contribution in [0.25, 0.3) is 6.08 Å². The maximum absolute atomic E-state index is 12.2. The van der Waals surface area contributed by atoms with E-state index in [2.05, 4.69) is 18.9 Å². The topological polar surface area (TPSA) is 64.3 Å². The fourth-order valence-corrected chi connectivity index (χ4v) is 2.26. The van der Waals surface area contributed by atoms with Crippen molar-refractivity contribution in [1.82, 2.24) is 9.78 Å². The summed E-state index contributed by atoms with van der Waals surface area (Å²) in [5, 5.41) is 13.7. The molecule has 3 rings (SSSR count). The van der Waals surface area contributed by atoms with Gasteiger partial charge in [-0.3, -0.25) is 9.48 Å². The van der Waals surface area contributed by atoms with Crippen LogP contribution in [0.5, 0.6) is 11.5 Å². The number of Topliss-reactive ketones (excluding diaryl/α,β-unsaturated/α-hetero) is 1. The van der Waals surface area contributed by atoms with E-state index in [1.165, 1.54) is 12.1 Å². The zero-order valence-corrected chi connectivity index (χ0v) is 11.9. The number of phenolic OH excluding ortho intramolecular Hbond substituents is 1. The van der Waals surface area contributed by atoms with Crippen LogP contribution in [0.15, 0.2) is 36.4 Å². The van der Waals surface area contributed by atoms with Crippen molar-refractivity contribution in [3.05, 3.63) is 47.5 Å². The molecule has 5 nitrogen and oxygen atoms in total. The Bertz CT molecular complexity index is 729. The summed E-state index contributed by atoms with van der Waals surface area (Å²) < 4.78 is 7.35. The van der Waals surface area contributed by atoms with Gasteiger partial charge in [-0.2, -0.15) is 5.10 Å². The Morgan fingerprint density at radius 1 is 1.43 bits per heavy atom. The summed E-state index contributed by atoms with van der Waals surface area (Å²) in [6.07, 6.45) is 5.25. The minimum atomic E-state index is -0.179. The van der Waals surface area contributed by atoms with E-state index in [9.17, 15) is 9.90 Å². The quantitative estimate of drug-likeness (QED) is 0.880. The number of aromatic nitrogens is 2. The van der Waals surface area contributed by atoms with Gasteiger partial charge < -0.3 is 9.84 Å². The third-order valence-electron chi connectivity index (χ3n) is 3.16. The normalized spacial score (nSPS) is 15.6. The number of hydrogen-bond acceptors (Lipinski definition) is 4. The number of aromatic hydroxyl groups is 1. The first-order valence-electron chi connectivity index (χ1n) is 6.82. The molecular weight excluding hydrogens is 268 g/mol. The molecule has 1 aliphatic heterocycles. The molecule has 1 aromatic heterocycles. The molecule has 0 unspecified atom stereocenters. The molecule has 2 aromatic rings. The molecule has 0 saturated heterocycles. The highest BCUT2D eigenvalue weighted by Gasteiger charge is 2.27. The van der Waals surface area contributed by atoms with Gasteiger partial charge in [0.05, 0.1) is 11.8 Å². The number of ether oxygens (including phenoxy) is 1. The van der Waals surface area contributed by atoms with E-state index in [0.717, 1.165) is 12.1 Å². The van der Waals surface area contributed by atoms with E-state index in [0.29, 0.717) is 17.2 Å². The van der Waals surface area contributed by atoms with Crippen molar-refractivity contribution in [2.75, 3.05) is 0 Å². The Morgan fingerprint density at radius 2 is 2.24 bits per heavy atom. The van der Waals surface area contributed by atoms with Crippen LogP contribution >= 0.6 is 0 Å². The fourth-order valence-electron chi connectivity index (χ4n) is 2.26. The molecule has 0 fully saturated rings. The first-order valence-corrected chi connectivity index (χ1v) is 6.82. The third-order valence-corrected chi connectivity index (χ3v) is 3.16. The second-order valence-electron chi connectivity index (χ2n) is 5.51. The summed E-state index contributed by atoms with van der Waals surface area (Å²) >= 11 is 0. The largest absolute Gasteiger partial charge is 0.508 e. The lowest BCUT2D eigenvalue weighted by Gasteiger charge is -2.03. The van der Waals surface area contributed by atoms with E-state index in [-0.39, 0.29) is 17.3 Å². The molecule has 0 spiro atoms. The average Bonchev–Trinajstić information content (AvgIpc) is 2.95. The maximum Gasteiger partial charge on any atom is 0.231 e. The molecule has 21 heavy (non-hydrogen) atoms. The lowest BCUT2D eigenvalue weighted by molar-refractivity contribution is 0.101. The van der Waals surface area contributed by atoms with Gasteiger partial charge in [0.25, 0.3) is 0 Å². The van der Waals surface area contributed by atoms with Crippen molar-refractivity contribution in [2.24, 2.45) is 5.92 Å². The zero-order valence-electron chi connectivity index (χ0n) is 11.9. The van der Waals surface area contributed by atoms with Crippen LogP contribution in [0.3, 0.4) is 0 Å². The number of fused-ring (bicyclic) bond motifs is 1. The summed E-state index contributed by atoms with van der Waals surface area (Å²) in [6, 6.07) is 4.48. The van der Waals surface area contributed by atoms with Gasteiger partial charge >= 0.3 is 0 Å². The number of hydrogen-bond donors (Lipinski definition) is 1. The van der Waals surface area contributed by atoms with Crippen LogP contribution < -0.4 is 4.74 Å². The van der Waals surface area contributed by atoms with Gasteiger partial charge in [0.1, 0.15) is 11.5 Å². The minimum absolute atomic E-state index is 0.0764. The molecule has 1 N–H and O–H groups in total. The molecule has 0 saturated carbocycles. The second kappa shape index (κ2) is 5.09. The van der Waals surface area contributed by atoms with E-state index in [1.54, 1.807) is 18.3 Å². The summed E-state index contributed by atoms with van der Waals surface area (Å²) in [5.74, 6) is 1.04. The van der Waals surface area contributed by atoms with Crippen LogP contribution in [0.1, 0.15) is 29.8 Å². The van der Waals surface area contributed by atoms with Gasteiger partial charge in [0.15, 0.2) is 5.76 Å². The van der Waals surface area contributed by atoms with Gasteiger partial charge in [0.2, 0.25) is 5.78 Å². The molecule has 0 amide bonds. The van der Waals surface area contributed by atoms with Crippen molar-refractivity contribution in [1.29, 1.82) is 0 Å². The van der Waals surface area contributed by atoms with Gasteiger partial charge in [-0.1, -0.05) is 13.8 Å². The number of carbonyl (C=O) groups excluding carboxylic acids is 1. The smallest absolute Gasteiger partial charge is 0.231 e. The van der Waals surface area contributed by atoms with Crippen molar-refractivity contribution in [3.8, 4) is 11.5 Å². The second-order valence-corrected chi connectivity index (χ2v) is 5.51. The van der Waals surface area contributed by atoms with Gasteiger partial charge in [0, 0.05) is 24.4 Å². The van der Waals surface area contributed by atoms with Crippen LogP contribution in [0.2, 0.25) is 0 Å². The molecule has 1 aromatic carbocycles. The molecular formula is C16H16N2O3. The molecule has 0 atom stereocenters. The van der Waals surface area contributed by atoms with Crippen molar-refractivity contribution >= 4 is 11.9 Å². The summed E-state index contributed by atoms with van der Waals surface area (Å²) in [7, 11) is 0.